The van der Waals surface area contributed by atoms with Crippen molar-refractivity contribution in [3.63, 3.8) is 0 Å². The monoisotopic (exact) mass is 376 g/mol. The van der Waals surface area contributed by atoms with Crippen molar-refractivity contribution in [3.8, 4) is 0 Å². The van der Waals surface area contributed by atoms with E-state index in [1.165, 1.54) is 31.2 Å². The first-order valence-corrected chi connectivity index (χ1v) is 9.35. The first kappa shape index (κ1) is 19.6. The zero-order valence-corrected chi connectivity index (χ0v) is 15.5. The van der Waals surface area contributed by atoms with Crippen molar-refractivity contribution in [2.24, 2.45) is 5.14 Å². The number of esters is 1. The van der Waals surface area contributed by atoms with Crippen LogP contribution in [0.4, 0.5) is 5.69 Å². The number of ether oxygens (including phenoxy) is 1. The van der Waals surface area contributed by atoms with E-state index >= 15 is 0 Å². The van der Waals surface area contributed by atoms with Crippen molar-refractivity contribution in [2.75, 3.05) is 5.32 Å². The van der Waals surface area contributed by atoms with Crippen LogP contribution in [0, 0.1) is 13.8 Å². The highest BCUT2D eigenvalue weighted by Crippen LogP contribution is 2.16. The van der Waals surface area contributed by atoms with Crippen LogP contribution in [0.1, 0.15) is 28.4 Å². The van der Waals surface area contributed by atoms with E-state index in [1.54, 1.807) is 12.1 Å². The van der Waals surface area contributed by atoms with Crippen molar-refractivity contribution in [3.05, 3.63) is 59.2 Å². The number of rotatable bonds is 5. The van der Waals surface area contributed by atoms with Crippen LogP contribution >= 0.6 is 0 Å². The molecule has 0 fully saturated rings. The molecular formula is C18H20N2O5S. The van der Waals surface area contributed by atoms with Gasteiger partial charge in [0.1, 0.15) is 0 Å². The SMILES string of the molecule is Cc1cccc(C(=O)O[C@H](C)C(=O)Nc2ccc(S(N)(=O)=O)cc2)c1C. The molecule has 2 aromatic rings. The van der Waals surface area contributed by atoms with Gasteiger partial charge in [0.05, 0.1) is 10.5 Å². The number of carbonyl (C=O) groups excluding carboxylic acids is 2. The number of benzene rings is 2. The Morgan fingerprint density at radius 2 is 1.69 bits per heavy atom. The third kappa shape index (κ3) is 4.68. The molecule has 0 heterocycles. The number of aryl methyl sites for hydroxylation is 1. The maximum atomic E-state index is 12.3. The molecule has 0 aliphatic rings. The van der Waals surface area contributed by atoms with E-state index in [0.29, 0.717) is 11.3 Å². The number of amides is 1. The molecule has 138 valence electrons. The molecule has 1 amide bonds. The lowest BCUT2D eigenvalue weighted by Crippen LogP contribution is -2.30. The number of sulfonamides is 1. The molecule has 0 spiro atoms. The minimum atomic E-state index is -3.80. The summed E-state index contributed by atoms with van der Waals surface area (Å²) < 4.78 is 27.6. The van der Waals surface area contributed by atoms with E-state index in [-0.39, 0.29) is 4.90 Å². The number of primary sulfonamides is 1. The number of hydrogen-bond donors (Lipinski definition) is 2. The molecule has 8 heteroatoms. The molecule has 1 atom stereocenters. The van der Waals surface area contributed by atoms with Gasteiger partial charge < -0.3 is 10.1 Å². The van der Waals surface area contributed by atoms with Crippen molar-refractivity contribution < 1.29 is 22.7 Å². The maximum absolute atomic E-state index is 12.3. The summed E-state index contributed by atoms with van der Waals surface area (Å²) in [5.74, 6) is -1.12. The zero-order chi connectivity index (χ0) is 19.5. The zero-order valence-electron chi connectivity index (χ0n) is 14.6. The predicted octanol–water partition coefficient (Wildman–Crippen LogP) is 2.13. The van der Waals surface area contributed by atoms with E-state index in [0.717, 1.165) is 11.1 Å². The summed E-state index contributed by atoms with van der Waals surface area (Å²) in [6.45, 7) is 5.15. The quantitative estimate of drug-likeness (QED) is 0.776. The molecule has 2 aromatic carbocycles. The van der Waals surface area contributed by atoms with Crippen molar-refractivity contribution >= 4 is 27.6 Å². The van der Waals surface area contributed by atoms with Gasteiger partial charge in [0, 0.05) is 5.69 Å². The fourth-order valence-electron chi connectivity index (χ4n) is 2.22. The Labute approximate surface area is 152 Å². The molecule has 0 bridgehead atoms. The Morgan fingerprint density at radius 1 is 1.08 bits per heavy atom. The standard InChI is InChI=1S/C18H20N2O5S/c1-11-5-4-6-16(12(11)2)18(22)25-13(3)17(21)20-14-7-9-15(10-8-14)26(19,23)24/h4-10,13H,1-3H3,(H,20,21)(H2,19,23,24)/t13-/m1/s1. The first-order valence-electron chi connectivity index (χ1n) is 7.80. The van der Waals surface area contributed by atoms with E-state index < -0.39 is 28.0 Å². The summed E-state index contributed by atoms with van der Waals surface area (Å²) in [4.78, 5) is 24.4. The molecule has 0 unspecified atom stereocenters. The van der Waals surface area contributed by atoms with Crippen molar-refractivity contribution in [2.45, 2.75) is 31.8 Å². The molecular weight excluding hydrogens is 356 g/mol. The second-order valence-electron chi connectivity index (χ2n) is 5.85. The Kier molecular flexibility index (Phi) is 5.79. The van der Waals surface area contributed by atoms with E-state index in [9.17, 15) is 18.0 Å². The number of nitrogens with one attached hydrogen (secondary N) is 1. The third-order valence-corrected chi connectivity index (χ3v) is 4.86. The van der Waals surface area contributed by atoms with Gasteiger partial charge in [0.15, 0.2) is 6.10 Å². The van der Waals surface area contributed by atoms with Gasteiger partial charge in [-0.15, -0.1) is 0 Å². The summed E-state index contributed by atoms with van der Waals surface area (Å²) in [5.41, 5.74) is 2.51. The summed E-state index contributed by atoms with van der Waals surface area (Å²) in [7, 11) is -3.80. The highest BCUT2D eigenvalue weighted by molar-refractivity contribution is 7.89. The van der Waals surface area contributed by atoms with Gasteiger partial charge in [0.25, 0.3) is 5.91 Å². The number of carbonyl (C=O) groups is 2. The van der Waals surface area contributed by atoms with Gasteiger partial charge in [-0.25, -0.2) is 18.4 Å². The highest BCUT2D eigenvalue weighted by Gasteiger charge is 2.20. The summed E-state index contributed by atoms with van der Waals surface area (Å²) in [6.07, 6.45) is -1.03. The van der Waals surface area contributed by atoms with Crippen molar-refractivity contribution in [1.82, 2.24) is 0 Å². The fraction of sp³-hybridized carbons (Fsp3) is 0.222. The number of nitrogens with two attached hydrogens (primary N) is 1. The average molecular weight is 376 g/mol. The normalized spacial score (nSPS) is 12.3. The van der Waals surface area contributed by atoms with Crippen LogP contribution in [-0.2, 0) is 19.6 Å². The second-order valence-corrected chi connectivity index (χ2v) is 7.42. The predicted molar refractivity (Wildman–Crippen MR) is 97.2 cm³/mol. The Morgan fingerprint density at radius 3 is 2.27 bits per heavy atom. The second kappa shape index (κ2) is 7.67. The van der Waals surface area contributed by atoms with E-state index in [4.69, 9.17) is 9.88 Å². The van der Waals surface area contributed by atoms with Crippen LogP contribution in [0.5, 0.6) is 0 Å². The Bertz CT molecular complexity index is 937. The van der Waals surface area contributed by atoms with Crippen LogP contribution < -0.4 is 10.5 Å². The van der Waals surface area contributed by atoms with Gasteiger partial charge in [-0.1, -0.05) is 12.1 Å². The van der Waals surface area contributed by atoms with Crippen LogP contribution in [0.2, 0.25) is 0 Å². The van der Waals surface area contributed by atoms with Gasteiger partial charge in [-0.3, -0.25) is 4.79 Å². The van der Waals surface area contributed by atoms with Crippen LogP contribution in [0.15, 0.2) is 47.4 Å². The van der Waals surface area contributed by atoms with Crippen molar-refractivity contribution in [1.29, 1.82) is 0 Å². The summed E-state index contributed by atoms with van der Waals surface area (Å²) >= 11 is 0. The largest absolute Gasteiger partial charge is 0.449 e. The molecule has 26 heavy (non-hydrogen) atoms. The average Bonchev–Trinajstić information content (AvgIpc) is 2.56. The lowest BCUT2D eigenvalue weighted by molar-refractivity contribution is -0.123. The molecule has 0 saturated carbocycles. The van der Waals surface area contributed by atoms with Crippen LogP contribution in [-0.4, -0.2) is 26.4 Å². The maximum Gasteiger partial charge on any atom is 0.339 e. The smallest absolute Gasteiger partial charge is 0.339 e. The van der Waals surface area contributed by atoms with Gasteiger partial charge in [-0.05, 0) is 62.2 Å². The first-order chi connectivity index (χ1) is 12.1. The van der Waals surface area contributed by atoms with E-state index in [1.807, 2.05) is 19.9 Å². The molecule has 0 aliphatic carbocycles. The summed E-state index contributed by atoms with van der Waals surface area (Å²) in [5, 5.41) is 7.57. The van der Waals surface area contributed by atoms with Gasteiger partial charge in [-0.2, -0.15) is 0 Å². The number of hydrogen-bond acceptors (Lipinski definition) is 5. The molecule has 7 nitrogen and oxygen atoms in total. The topological polar surface area (TPSA) is 116 Å². The summed E-state index contributed by atoms with van der Waals surface area (Å²) in [6, 6.07) is 10.6. The molecule has 0 radical (unpaired) electrons. The minimum Gasteiger partial charge on any atom is -0.449 e. The van der Waals surface area contributed by atoms with Crippen LogP contribution in [0.25, 0.3) is 0 Å². The van der Waals surface area contributed by atoms with E-state index in [2.05, 4.69) is 5.32 Å². The Hall–Kier alpha value is -2.71. The molecule has 0 aromatic heterocycles. The minimum absolute atomic E-state index is 0.0649. The molecule has 0 saturated heterocycles. The lowest BCUT2D eigenvalue weighted by Gasteiger charge is -2.15. The lowest BCUT2D eigenvalue weighted by atomic mass is 10.0. The molecule has 2 rings (SSSR count). The Balaban J connectivity index is 2.03. The number of anilines is 1. The van der Waals surface area contributed by atoms with Gasteiger partial charge in [0.2, 0.25) is 10.0 Å². The van der Waals surface area contributed by atoms with Crippen LogP contribution in [0.3, 0.4) is 0 Å². The highest BCUT2D eigenvalue weighted by atomic mass is 32.2. The van der Waals surface area contributed by atoms with Gasteiger partial charge >= 0.3 is 5.97 Å². The molecule has 0 aliphatic heterocycles. The third-order valence-electron chi connectivity index (χ3n) is 3.93. The molecule has 3 N–H and O–H groups in total. The fourth-order valence-corrected chi connectivity index (χ4v) is 2.74.